The van der Waals surface area contributed by atoms with Gasteiger partial charge in [0.2, 0.25) is 5.95 Å². The van der Waals surface area contributed by atoms with Gasteiger partial charge in [-0.2, -0.15) is 0 Å². The number of nitrogens with zero attached hydrogens (tertiary/aromatic N) is 4. The van der Waals surface area contributed by atoms with Crippen molar-refractivity contribution in [3.05, 3.63) is 54.4 Å². The van der Waals surface area contributed by atoms with Crippen molar-refractivity contribution in [3.8, 4) is 0 Å². The topological polar surface area (TPSA) is 32.3 Å². The third-order valence-electron chi connectivity index (χ3n) is 4.65. The molecule has 108 valence electrons. The molecule has 0 bridgehead atoms. The average Bonchev–Trinajstić information content (AvgIpc) is 3.07. The van der Waals surface area contributed by atoms with Gasteiger partial charge in [0.15, 0.2) is 0 Å². The second kappa shape index (κ2) is 5.45. The van der Waals surface area contributed by atoms with E-state index in [0.29, 0.717) is 0 Å². The molecule has 2 aliphatic heterocycles. The first-order chi connectivity index (χ1) is 10.4. The minimum absolute atomic E-state index is 0.762. The summed E-state index contributed by atoms with van der Waals surface area (Å²) < 4.78 is 0. The Morgan fingerprint density at radius 3 is 2.19 bits per heavy atom. The van der Waals surface area contributed by atoms with E-state index in [1.54, 1.807) is 0 Å². The molecule has 21 heavy (non-hydrogen) atoms. The molecule has 2 saturated heterocycles. The Bertz CT molecular complexity index is 572. The number of likely N-dealkylation sites (tertiary alicyclic amines) is 1. The molecule has 0 aliphatic carbocycles. The average molecular weight is 280 g/mol. The number of rotatable bonds is 3. The molecule has 2 unspecified atom stereocenters. The third-order valence-corrected chi connectivity index (χ3v) is 4.65. The van der Waals surface area contributed by atoms with Gasteiger partial charge in [0.1, 0.15) is 0 Å². The summed E-state index contributed by atoms with van der Waals surface area (Å²) in [5, 5.41) is 0. The Kier molecular flexibility index (Phi) is 3.31. The lowest BCUT2D eigenvalue weighted by Gasteiger charge is -2.21. The highest BCUT2D eigenvalue weighted by molar-refractivity contribution is 5.32. The Labute approximate surface area is 125 Å². The van der Waals surface area contributed by atoms with E-state index in [4.69, 9.17) is 0 Å². The minimum atomic E-state index is 0.762. The molecular formula is C17H20N4. The Morgan fingerprint density at radius 1 is 0.857 bits per heavy atom. The first-order valence-electron chi connectivity index (χ1n) is 7.67. The van der Waals surface area contributed by atoms with Crippen molar-refractivity contribution in [2.75, 3.05) is 31.1 Å². The van der Waals surface area contributed by atoms with E-state index in [9.17, 15) is 0 Å². The lowest BCUT2D eigenvalue weighted by molar-refractivity contribution is 0.308. The van der Waals surface area contributed by atoms with Crippen molar-refractivity contribution in [1.82, 2.24) is 14.9 Å². The van der Waals surface area contributed by atoms with Crippen LogP contribution in [0.15, 0.2) is 48.8 Å². The second-order valence-electron chi connectivity index (χ2n) is 6.15. The molecule has 3 heterocycles. The van der Waals surface area contributed by atoms with Crippen LogP contribution in [0, 0.1) is 11.8 Å². The van der Waals surface area contributed by atoms with Crippen LogP contribution >= 0.6 is 0 Å². The monoisotopic (exact) mass is 280 g/mol. The molecule has 0 radical (unpaired) electrons. The summed E-state index contributed by atoms with van der Waals surface area (Å²) in [6.07, 6.45) is 3.66. The van der Waals surface area contributed by atoms with Crippen LogP contribution in [-0.2, 0) is 6.54 Å². The maximum atomic E-state index is 4.38. The standard InChI is InChI=1S/C17H20N4/c1-2-5-14(6-3-1)9-20-10-15-12-21(13-16(15)11-20)17-18-7-4-8-19-17/h1-8,15-16H,9-13H2. The van der Waals surface area contributed by atoms with Crippen molar-refractivity contribution in [2.45, 2.75) is 6.54 Å². The zero-order valence-corrected chi connectivity index (χ0v) is 12.1. The van der Waals surface area contributed by atoms with Crippen molar-refractivity contribution in [1.29, 1.82) is 0 Å². The van der Waals surface area contributed by atoms with Crippen LogP contribution < -0.4 is 4.90 Å². The zero-order chi connectivity index (χ0) is 14.1. The molecule has 1 aromatic carbocycles. The first-order valence-corrected chi connectivity index (χ1v) is 7.67. The Hall–Kier alpha value is -1.94. The summed E-state index contributed by atoms with van der Waals surface area (Å²) in [6, 6.07) is 12.7. The highest BCUT2D eigenvalue weighted by Gasteiger charge is 2.40. The fourth-order valence-electron chi connectivity index (χ4n) is 3.68. The number of hydrogen-bond donors (Lipinski definition) is 0. The smallest absolute Gasteiger partial charge is 0.225 e. The predicted octanol–water partition coefficient (Wildman–Crippen LogP) is 2.04. The summed E-state index contributed by atoms with van der Waals surface area (Å²) in [5.41, 5.74) is 1.42. The molecule has 0 amide bonds. The van der Waals surface area contributed by atoms with Gasteiger partial charge in [0.05, 0.1) is 0 Å². The van der Waals surface area contributed by atoms with Gasteiger partial charge in [0, 0.05) is 45.1 Å². The molecular weight excluding hydrogens is 260 g/mol. The van der Waals surface area contributed by atoms with Crippen LogP contribution in [0.2, 0.25) is 0 Å². The Balaban J connectivity index is 1.37. The van der Waals surface area contributed by atoms with Gasteiger partial charge in [-0.25, -0.2) is 9.97 Å². The van der Waals surface area contributed by atoms with Gasteiger partial charge in [-0.05, 0) is 23.5 Å². The third kappa shape index (κ3) is 2.63. The van der Waals surface area contributed by atoms with Gasteiger partial charge in [-0.15, -0.1) is 0 Å². The maximum Gasteiger partial charge on any atom is 0.225 e. The molecule has 1 aromatic heterocycles. The number of aromatic nitrogens is 2. The number of hydrogen-bond acceptors (Lipinski definition) is 4. The SMILES string of the molecule is c1ccc(CN2CC3CN(c4ncccn4)CC3C2)cc1. The van der Waals surface area contributed by atoms with E-state index in [-0.39, 0.29) is 0 Å². The van der Waals surface area contributed by atoms with Gasteiger partial charge >= 0.3 is 0 Å². The number of benzene rings is 1. The minimum Gasteiger partial charge on any atom is -0.340 e. The van der Waals surface area contributed by atoms with Gasteiger partial charge < -0.3 is 4.90 Å². The normalized spacial score (nSPS) is 25.2. The summed E-state index contributed by atoms with van der Waals surface area (Å²) in [7, 11) is 0. The van der Waals surface area contributed by atoms with Crippen LogP contribution in [0.1, 0.15) is 5.56 Å². The summed E-state index contributed by atoms with van der Waals surface area (Å²) in [5.74, 6) is 2.41. The van der Waals surface area contributed by atoms with E-state index in [1.165, 1.54) is 18.7 Å². The van der Waals surface area contributed by atoms with Gasteiger partial charge in [-0.3, -0.25) is 4.90 Å². The molecule has 4 nitrogen and oxygen atoms in total. The largest absolute Gasteiger partial charge is 0.340 e. The molecule has 0 saturated carbocycles. The first kappa shape index (κ1) is 12.8. The summed E-state index contributed by atoms with van der Waals surface area (Å²) in [4.78, 5) is 13.7. The van der Waals surface area contributed by atoms with Crippen molar-refractivity contribution >= 4 is 5.95 Å². The quantitative estimate of drug-likeness (QED) is 0.861. The van der Waals surface area contributed by atoms with Crippen molar-refractivity contribution in [3.63, 3.8) is 0 Å². The molecule has 2 atom stereocenters. The maximum absolute atomic E-state index is 4.38. The van der Waals surface area contributed by atoms with E-state index < -0.39 is 0 Å². The molecule has 2 aliphatic rings. The highest BCUT2D eigenvalue weighted by Crippen LogP contribution is 2.33. The van der Waals surface area contributed by atoms with E-state index in [0.717, 1.165) is 37.4 Å². The second-order valence-corrected chi connectivity index (χ2v) is 6.15. The molecule has 2 aromatic rings. The fraction of sp³-hybridized carbons (Fsp3) is 0.412. The molecule has 2 fully saturated rings. The zero-order valence-electron chi connectivity index (χ0n) is 12.1. The highest BCUT2D eigenvalue weighted by atomic mass is 15.3. The summed E-state index contributed by atoms with van der Waals surface area (Å²) >= 11 is 0. The lowest BCUT2D eigenvalue weighted by atomic mass is 10.0. The van der Waals surface area contributed by atoms with Crippen LogP contribution in [0.3, 0.4) is 0 Å². The van der Waals surface area contributed by atoms with E-state index >= 15 is 0 Å². The van der Waals surface area contributed by atoms with Crippen molar-refractivity contribution in [2.24, 2.45) is 11.8 Å². The molecule has 4 heteroatoms. The summed E-state index contributed by atoms with van der Waals surface area (Å²) in [6.45, 7) is 5.67. The Morgan fingerprint density at radius 2 is 1.52 bits per heavy atom. The lowest BCUT2D eigenvalue weighted by Crippen LogP contribution is -2.29. The van der Waals surface area contributed by atoms with Gasteiger partial charge in [0.25, 0.3) is 0 Å². The fourth-order valence-corrected chi connectivity index (χ4v) is 3.68. The van der Waals surface area contributed by atoms with Crippen LogP contribution in [0.4, 0.5) is 5.95 Å². The van der Waals surface area contributed by atoms with E-state index in [1.807, 2.05) is 18.5 Å². The van der Waals surface area contributed by atoms with Crippen molar-refractivity contribution < 1.29 is 0 Å². The predicted molar refractivity (Wildman–Crippen MR) is 82.9 cm³/mol. The van der Waals surface area contributed by atoms with E-state index in [2.05, 4.69) is 50.1 Å². The molecule has 0 N–H and O–H groups in total. The van der Waals surface area contributed by atoms with Crippen LogP contribution in [0.5, 0.6) is 0 Å². The van der Waals surface area contributed by atoms with Crippen LogP contribution in [-0.4, -0.2) is 41.0 Å². The number of anilines is 1. The molecule has 4 rings (SSSR count). The molecule has 0 spiro atoms. The van der Waals surface area contributed by atoms with Gasteiger partial charge in [-0.1, -0.05) is 30.3 Å². The van der Waals surface area contributed by atoms with Crippen LogP contribution in [0.25, 0.3) is 0 Å². The number of fused-ring (bicyclic) bond motifs is 1.